The van der Waals surface area contributed by atoms with E-state index in [0.29, 0.717) is 12.0 Å². The van der Waals surface area contributed by atoms with Crippen LogP contribution >= 0.6 is 0 Å². The Morgan fingerprint density at radius 3 is 2.80 bits per heavy atom. The van der Waals surface area contributed by atoms with Crippen molar-refractivity contribution in [2.75, 3.05) is 0 Å². The van der Waals surface area contributed by atoms with Crippen molar-refractivity contribution in [3.63, 3.8) is 0 Å². The number of benzene rings is 1. The molecule has 3 heteroatoms. The zero-order valence-electron chi connectivity index (χ0n) is 8.06. The Kier molecular flexibility index (Phi) is 2.54. The molecule has 78 valence electrons. The molecular formula is C12H11FO2. The van der Waals surface area contributed by atoms with E-state index in [1.807, 2.05) is 0 Å². The molecule has 0 bridgehead atoms. The van der Waals surface area contributed by atoms with Gasteiger partial charge in [-0.1, -0.05) is 30.4 Å². The molecule has 1 fully saturated rings. The van der Waals surface area contributed by atoms with Gasteiger partial charge >= 0.3 is 5.97 Å². The van der Waals surface area contributed by atoms with Gasteiger partial charge in [-0.2, -0.15) is 0 Å². The number of hydrogen-bond acceptors (Lipinski definition) is 1. The van der Waals surface area contributed by atoms with Crippen molar-refractivity contribution in [2.45, 2.75) is 6.42 Å². The maximum Gasteiger partial charge on any atom is 0.307 e. The molecule has 0 heterocycles. The fourth-order valence-electron chi connectivity index (χ4n) is 1.55. The Hall–Kier alpha value is -1.64. The lowest BCUT2D eigenvalue weighted by Crippen LogP contribution is -1.97. The zero-order valence-corrected chi connectivity index (χ0v) is 8.06. The summed E-state index contributed by atoms with van der Waals surface area (Å²) in [6.45, 7) is 0. The van der Waals surface area contributed by atoms with Crippen molar-refractivity contribution < 1.29 is 14.3 Å². The molecule has 1 aromatic carbocycles. The van der Waals surface area contributed by atoms with E-state index in [-0.39, 0.29) is 17.7 Å². The highest BCUT2D eigenvalue weighted by Gasteiger charge is 2.41. The van der Waals surface area contributed by atoms with Crippen LogP contribution in [0.4, 0.5) is 4.39 Å². The van der Waals surface area contributed by atoms with Gasteiger partial charge in [-0.25, -0.2) is 4.39 Å². The molecule has 15 heavy (non-hydrogen) atoms. The number of carboxylic acids is 1. The molecule has 0 aromatic heterocycles. The van der Waals surface area contributed by atoms with Crippen LogP contribution in [0.15, 0.2) is 30.3 Å². The Balaban J connectivity index is 2.02. The molecule has 0 radical (unpaired) electrons. The molecule has 2 atom stereocenters. The van der Waals surface area contributed by atoms with Gasteiger partial charge in [0, 0.05) is 5.56 Å². The van der Waals surface area contributed by atoms with Crippen LogP contribution < -0.4 is 0 Å². The molecule has 1 saturated carbocycles. The average Bonchev–Trinajstić information content (AvgIpc) is 2.96. The van der Waals surface area contributed by atoms with Crippen LogP contribution in [0.5, 0.6) is 0 Å². The maximum absolute atomic E-state index is 13.1. The van der Waals surface area contributed by atoms with Gasteiger partial charge in [-0.15, -0.1) is 0 Å². The summed E-state index contributed by atoms with van der Waals surface area (Å²) in [5.74, 6) is -1.24. The number of aliphatic carboxylic acids is 1. The summed E-state index contributed by atoms with van der Waals surface area (Å²) in [6.07, 6.45) is 4.10. The topological polar surface area (TPSA) is 37.3 Å². The molecule has 1 N–H and O–H groups in total. The van der Waals surface area contributed by atoms with Crippen molar-refractivity contribution in [1.82, 2.24) is 0 Å². The van der Waals surface area contributed by atoms with Gasteiger partial charge in [0.2, 0.25) is 0 Å². The molecule has 0 aliphatic heterocycles. The largest absolute Gasteiger partial charge is 0.481 e. The summed E-state index contributed by atoms with van der Waals surface area (Å²) in [5, 5.41) is 8.67. The van der Waals surface area contributed by atoms with Gasteiger partial charge in [0.05, 0.1) is 5.92 Å². The third-order valence-corrected chi connectivity index (χ3v) is 2.59. The molecule has 1 aliphatic rings. The highest BCUT2D eigenvalue weighted by Crippen LogP contribution is 2.40. The Morgan fingerprint density at radius 2 is 2.20 bits per heavy atom. The van der Waals surface area contributed by atoms with Gasteiger partial charge in [0.1, 0.15) is 5.82 Å². The van der Waals surface area contributed by atoms with Crippen molar-refractivity contribution in [1.29, 1.82) is 0 Å². The second kappa shape index (κ2) is 3.85. The van der Waals surface area contributed by atoms with Crippen LogP contribution in [0.2, 0.25) is 0 Å². The van der Waals surface area contributed by atoms with Gasteiger partial charge < -0.3 is 5.11 Å². The third kappa shape index (κ3) is 2.24. The van der Waals surface area contributed by atoms with Gasteiger partial charge in [-0.05, 0) is 18.4 Å². The SMILES string of the molecule is O=C(O)C1CC1/C=C/c1ccccc1F. The molecular weight excluding hydrogens is 195 g/mol. The number of carboxylic acid groups (broad SMARTS) is 1. The van der Waals surface area contributed by atoms with Crippen LogP contribution in [-0.2, 0) is 4.79 Å². The highest BCUT2D eigenvalue weighted by atomic mass is 19.1. The first-order valence-electron chi connectivity index (χ1n) is 4.84. The Morgan fingerprint density at radius 1 is 1.47 bits per heavy atom. The molecule has 1 aromatic rings. The van der Waals surface area contributed by atoms with Crippen LogP contribution in [0.3, 0.4) is 0 Å². The number of hydrogen-bond donors (Lipinski definition) is 1. The predicted molar refractivity (Wildman–Crippen MR) is 54.7 cm³/mol. The van der Waals surface area contributed by atoms with E-state index in [0.717, 1.165) is 0 Å². The van der Waals surface area contributed by atoms with Crippen LogP contribution in [0.25, 0.3) is 6.08 Å². The van der Waals surface area contributed by atoms with E-state index in [1.54, 1.807) is 30.4 Å². The normalized spacial score (nSPS) is 24.3. The number of halogens is 1. The third-order valence-electron chi connectivity index (χ3n) is 2.59. The molecule has 0 saturated heterocycles. The highest BCUT2D eigenvalue weighted by molar-refractivity contribution is 5.74. The van der Waals surface area contributed by atoms with Crippen LogP contribution in [0, 0.1) is 17.7 Å². The minimum absolute atomic E-state index is 0.0714. The van der Waals surface area contributed by atoms with E-state index in [4.69, 9.17) is 5.11 Å². The lowest BCUT2D eigenvalue weighted by atomic mass is 10.1. The van der Waals surface area contributed by atoms with E-state index in [9.17, 15) is 9.18 Å². The first kappa shape index (κ1) is 9.90. The van der Waals surface area contributed by atoms with Crippen molar-refractivity contribution in [2.24, 2.45) is 11.8 Å². The zero-order chi connectivity index (χ0) is 10.8. The van der Waals surface area contributed by atoms with E-state index in [1.165, 1.54) is 6.07 Å². The lowest BCUT2D eigenvalue weighted by Gasteiger charge is -1.94. The average molecular weight is 206 g/mol. The maximum atomic E-state index is 13.1. The van der Waals surface area contributed by atoms with E-state index < -0.39 is 5.97 Å². The molecule has 2 nitrogen and oxygen atoms in total. The van der Waals surface area contributed by atoms with E-state index in [2.05, 4.69) is 0 Å². The molecule has 0 spiro atoms. The molecule has 1 aliphatic carbocycles. The minimum atomic E-state index is -0.766. The summed E-state index contributed by atoms with van der Waals surface area (Å²) in [4.78, 5) is 10.5. The fraction of sp³-hybridized carbons (Fsp3) is 0.250. The lowest BCUT2D eigenvalue weighted by molar-refractivity contribution is -0.138. The van der Waals surface area contributed by atoms with Crippen LogP contribution in [0.1, 0.15) is 12.0 Å². The standard InChI is InChI=1S/C12H11FO2/c13-11-4-2-1-3-8(11)5-6-9-7-10(9)12(14)15/h1-6,9-10H,7H2,(H,14,15)/b6-5+. The number of rotatable bonds is 3. The van der Waals surface area contributed by atoms with Gasteiger partial charge in [-0.3, -0.25) is 4.79 Å². The van der Waals surface area contributed by atoms with Crippen molar-refractivity contribution >= 4 is 12.0 Å². The van der Waals surface area contributed by atoms with Crippen molar-refractivity contribution in [3.05, 3.63) is 41.7 Å². The summed E-state index contributed by atoms with van der Waals surface area (Å²) >= 11 is 0. The fourth-order valence-corrected chi connectivity index (χ4v) is 1.55. The van der Waals surface area contributed by atoms with Gasteiger partial charge in [0.15, 0.2) is 0 Å². The quantitative estimate of drug-likeness (QED) is 0.825. The monoisotopic (exact) mass is 206 g/mol. The number of carbonyl (C=O) groups is 1. The summed E-state index contributed by atoms with van der Waals surface area (Å²) in [6, 6.07) is 6.44. The summed E-state index contributed by atoms with van der Waals surface area (Å²) < 4.78 is 13.1. The van der Waals surface area contributed by atoms with Crippen molar-refractivity contribution in [3.8, 4) is 0 Å². The predicted octanol–water partition coefficient (Wildman–Crippen LogP) is 2.56. The number of allylic oxidation sites excluding steroid dienone is 1. The first-order chi connectivity index (χ1) is 7.18. The van der Waals surface area contributed by atoms with E-state index >= 15 is 0 Å². The summed E-state index contributed by atoms with van der Waals surface area (Å²) in [5.41, 5.74) is 0.508. The second-order valence-electron chi connectivity index (χ2n) is 3.72. The minimum Gasteiger partial charge on any atom is -0.481 e. The van der Waals surface area contributed by atoms with Crippen LogP contribution in [-0.4, -0.2) is 11.1 Å². The summed E-state index contributed by atoms with van der Waals surface area (Å²) in [7, 11) is 0. The smallest absolute Gasteiger partial charge is 0.307 e. The van der Waals surface area contributed by atoms with Gasteiger partial charge in [0.25, 0.3) is 0 Å². The first-order valence-corrected chi connectivity index (χ1v) is 4.84. The molecule has 0 amide bonds. The molecule has 2 unspecified atom stereocenters. The molecule has 2 rings (SSSR count). The Labute approximate surface area is 87.0 Å². The second-order valence-corrected chi connectivity index (χ2v) is 3.72. The Bertz CT molecular complexity index is 412.